The molecular formula is C13H22N2O2. The Morgan fingerprint density at radius 2 is 1.94 bits per heavy atom. The van der Waals surface area contributed by atoms with Gasteiger partial charge < -0.3 is 9.64 Å². The van der Waals surface area contributed by atoms with E-state index in [0.29, 0.717) is 12.0 Å². The van der Waals surface area contributed by atoms with Gasteiger partial charge in [-0.2, -0.15) is 0 Å². The normalized spacial score (nSPS) is 34.0. The number of nitrogens with zero attached hydrogens (tertiary/aromatic N) is 2. The van der Waals surface area contributed by atoms with Crippen molar-refractivity contribution in [2.24, 2.45) is 5.92 Å². The maximum absolute atomic E-state index is 12.3. The Kier molecular flexibility index (Phi) is 3.34. The number of carbonyl (C=O) groups is 1. The highest BCUT2D eigenvalue weighted by molar-refractivity contribution is 5.79. The Morgan fingerprint density at radius 3 is 2.65 bits per heavy atom. The molecule has 0 aromatic carbocycles. The molecule has 0 bridgehead atoms. The van der Waals surface area contributed by atoms with E-state index in [2.05, 4.69) is 9.80 Å². The lowest BCUT2D eigenvalue weighted by molar-refractivity contribution is -0.136. The van der Waals surface area contributed by atoms with Crippen LogP contribution < -0.4 is 0 Å². The molecule has 96 valence electrons. The molecular weight excluding hydrogens is 216 g/mol. The monoisotopic (exact) mass is 238 g/mol. The zero-order valence-corrected chi connectivity index (χ0v) is 10.4. The molecule has 2 atom stereocenters. The van der Waals surface area contributed by atoms with E-state index in [1.165, 1.54) is 12.8 Å². The summed E-state index contributed by atoms with van der Waals surface area (Å²) < 4.78 is 5.27. The van der Waals surface area contributed by atoms with Gasteiger partial charge in [-0.3, -0.25) is 9.69 Å². The van der Waals surface area contributed by atoms with Gasteiger partial charge in [0.15, 0.2) is 0 Å². The molecule has 0 spiro atoms. The summed E-state index contributed by atoms with van der Waals surface area (Å²) in [5.74, 6) is 0.657. The van der Waals surface area contributed by atoms with Gasteiger partial charge in [-0.05, 0) is 32.2 Å². The van der Waals surface area contributed by atoms with Gasteiger partial charge in [-0.1, -0.05) is 0 Å². The van der Waals surface area contributed by atoms with Crippen molar-refractivity contribution in [3.8, 4) is 0 Å². The van der Waals surface area contributed by atoms with Gasteiger partial charge in [-0.15, -0.1) is 0 Å². The van der Waals surface area contributed by atoms with Crippen molar-refractivity contribution in [3.63, 3.8) is 0 Å². The molecule has 1 amide bonds. The van der Waals surface area contributed by atoms with Crippen molar-refractivity contribution in [3.05, 3.63) is 0 Å². The highest BCUT2D eigenvalue weighted by Gasteiger charge is 2.33. The lowest BCUT2D eigenvalue weighted by atomic mass is 9.96. The van der Waals surface area contributed by atoms with Crippen LogP contribution in [0.3, 0.4) is 0 Å². The average molecular weight is 238 g/mol. The second-order valence-electron chi connectivity index (χ2n) is 5.59. The largest absolute Gasteiger partial charge is 0.372 e. The van der Waals surface area contributed by atoms with E-state index >= 15 is 0 Å². The molecule has 0 radical (unpaired) electrons. The molecule has 0 aliphatic carbocycles. The van der Waals surface area contributed by atoms with E-state index in [-0.39, 0.29) is 5.92 Å². The Labute approximate surface area is 103 Å². The molecule has 4 nitrogen and oxygen atoms in total. The molecule has 3 rings (SSSR count). The minimum atomic E-state index is 0.251. The summed E-state index contributed by atoms with van der Waals surface area (Å²) in [5, 5.41) is 0. The second-order valence-corrected chi connectivity index (χ2v) is 5.59. The van der Waals surface area contributed by atoms with Gasteiger partial charge in [0.2, 0.25) is 5.91 Å². The molecule has 0 aromatic rings. The predicted octanol–water partition coefficient (Wildman–Crippen LogP) is 0.720. The number of rotatable bonds is 3. The Bertz CT molecular complexity index is 285. The molecule has 3 fully saturated rings. The SMILES string of the molecule is O=C([C@H]1CCCN(C[C@H]2CO2)C1)N1CCCC1. The molecule has 0 unspecified atom stereocenters. The summed E-state index contributed by atoms with van der Waals surface area (Å²) in [7, 11) is 0. The second kappa shape index (κ2) is 4.94. The summed E-state index contributed by atoms with van der Waals surface area (Å²) >= 11 is 0. The van der Waals surface area contributed by atoms with Crippen molar-refractivity contribution in [2.75, 3.05) is 39.3 Å². The van der Waals surface area contributed by atoms with Crippen LogP contribution in [0.2, 0.25) is 0 Å². The smallest absolute Gasteiger partial charge is 0.226 e. The van der Waals surface area contributed by atoms with Gasteiger partial charge >= 0.3 is 0 Å². The van der Waals surface area contributed by atoms with Crippen molar-refractivity contribution < 1.29 is 9.53 Å². The molecule has 3 saturated heterocycles. The van der Waals surface area contributed by atoms with E-state index < -0.39 is 0 Å². The van der Waals surface area contributed by atoms with Crippen LogP contribution in [0, 0.1) is 5.92 Å². The molecule has 3 aliphatic heterocycles. The van der Waals surface area contributed by atoms with Crippen LogP contribution in [0.5, 0.6) is 0 Å². The van der Waals surface area contributed by atoms with Crippen LogP contribution in [0.1, 0.15) is 25.7 Å². The highest BCUT2D eigenvalue weighted by Crippen LogP contribution is 2.23. The molecule has 3 heterocycles. The molecule has 0 saturated carbocycles. The fraction of sp³-hybridized carbons (Fsp3) is 0.923. The van der Waals surface area contributed by atoms with E-state index in [0.717, 1.165) is 52.2 Å². The lowest BCUT2D eigenvalue weighted by Crippen LogP contribution is -2.45. The number of ether oxygens (including phenoxy) is 1. The number of piperidine rings is 1. The Balaban J connectivity index is 1.52. The van der Waals surface area contributed by atoms with Crippen molar-refractivity contribution in [1.82, 2.24) is 9.80 Å². The maximum atomic E-state index is 12.3. The molecule has 0 aromatic heterocycles. The zero-order chi connectivity index (χ0) is 11.7. The first-order chi connectivity index (χ1) is 8.33. The van der Waals surface area contributed by atoms with E-state index in [4.69, 9.17) is 4.74 Å². The van der Waals surface area contributed by atoms with Crippen LogP contribution in [0.25, 0.3) is 0 Å². The lowest BCUT2D eigenvalue weighted by Gasteiger charge is -2.33. The standard InChI is InChI=1S/C13H22N2O2/c16-13(15-6-1-2-7-15)11-4-3-5-14(8-11)9-12-10-17-12/h11-12H,1-10H2/t11-,12-/m0/s1. The van der Waals surface area contributed by atoms with Crippen molar-refractivity contribution >= 4 is 5.91 Å². The quantitative estimate of drug-likeness (QED) is 0.680. The number of hydrogen-bond acceptors (Lipinski definition) is 3. The minimum absolute atomic E-state index is 0.251. The summed E-state index contributed by atoms with van der Waals surface area (Å²) in [6, 6.07) is 0. The number of hydrogen-bond donors (Lipinski definition) is 0. The van der Waals surface area contributed by atoms with Crippen LogP contribution in [0.15, 0.2) is 0 Å². The molecule has 17 heavy (non-hydrogen) atoms. The van der Waals surface area contributed by atoms with Crippen LogP contribution in [-0.2, 0) is 9.53 Å². The summed E-state index contributed by atoms with van der Waals surface area (Å²) in [6.07, 6.45) is 5.08. The van der Waals surface area contributed by atoms with Gasteiger partial charge in [0.1, 0.15) is 0 Å². The van der Waals surface area contributed by atoms with Crippen LogP contribution >= 0.6 is 0 Å². The van der Waals surface area contributed by atoms with E-state index in [9.17, 15) is 4.79 Å². The summed E-state index contributed by atoms with van der Waals surface area (Å²) in [5.41, 5.74) is 0. The fourth-order valence-electron chi connectivity index (χ4n) is 3.08. The minimum Gasteiger partial charge on any atom is -0.372 e. The van der Waals surface area contributed by atoms with Crippen molar-refractivity contribution in [1.29, 1.82) is 0 Å². The topological polar surface area (TPSA) is 36.1 Å². The van der Waals surface area contributed by atoms with Crippen LogP contribution in [-0.4, -0.2) is 61.1 Å². The Hall–Kier alpha value is -0.610. The van der Waals surface area contributed by atoms with Crippen LogP contribution in [0.4, 0.5) is 0 Å². The third-order valence-electron chi connectivity index (χ3n) is 4.14. The average Bonchev–Trinajstić information content (AvgIpc) is 2.99. The summed E-state index contributed by atoms with van der Waals surface area (Å²) in [4.78, 5) is 16.8. The number of likely N-dealkylation sites (tertiary alicyclic amines) is 2. The first kappa shape index (κ1) is 11.5. The first-order valence-corrected chi connectivity index (χ1v) is 6.95. The third kappa shape index (κ3) is 2.80. The fourth-order valence-corrected chi connectivity index (χ4v) is 3.08. The Morgan fingerprint density at radius 1 is 1.18 bits per heavy atom. The first-order valence-electron chi connectivity index (χ1n) is 6.95. The van der Waals surface area contributed by atoms with E-state index in [1.54, 1.807) is 0 Å². The molecule has 0 N–H and O–H groups in total. The molecule has 4 heteroatoms. The van der Waals surface area contributed by atoms with Gasteiger partial charge in [0.25, 0.3) is 0 Å². The highest BCUT2D eigenvalue weighted by atomic mass is 16.6. The predicted molar refractivity (Wildman–Crippen MR) is 64.7 cm³/mol. The number of epoxide rings is 1. The number of amides is 1. The molecule has 3 aliphatic rings. The maximum Gasteiger partial charge on any atom is 0.226 e. The van der Waals surface area contributed by atoms with Gasteiger partial charge in [0.05, 0.1) is 18.6 Å². The zero-order valence-electron chi connectivity index (χ0n) is 10.4. The van der Waals surface area contributed by atoms with Crippen molar-refractivity contribution in [2.45, 2.75) is 31.8 Å². The van der Waals surface area contributed by atoms with Gasteiger partial charge in [0, 0.05) is 26.2 Å². The number of carbonyl (C=O) groups excluding carboxylic acids is 1. The summed E-state index contributed by atoms with van der Waals surface area (Å²) in [6.45, 7) is 6.02. The third-order valence-corrected chi connectivity index (χ3v) is 4.14. The van der Waals surface area contributed by atoms with E-state index in [1.807, 2.05) is 0 Å². The van der Waals surface area contributed by atoms with Gasteiger partial charge in [-0.25, -0.2) is 0 Å².